The second-order valence-corrected chi connectivity index (χ2v) is 4.91. The van der Waals surface area contributed by atoms with E-state index in [4.69, 9.17) is 0 Å². The van der Waals surface area contributed by atoms with Crippen LogP contribution in [0.1, 0.15) is 25.5 Å². The Morgan fingerprint density at radius 1 is 1.26 bits per heavy atom. The molecule has 5 nitrogen and oxygen atoms in total. The minimum atomic E-state index is -0.122. The van der Waals surface area contributed by atoms with Crippen molar-refractivity contribution in [1.29, 1.82) is 0 Å². The molecule has 5 heteroatoms. The van der Waals surface area contributed by atoms with E-state index in [1.54, 1.807) is 19.2 Å². The highest BCUT2D eigenvalue weighted by molar-refractivity contribution is 5.78. The molecule has 0 saturated carbocycles. The summed E-state index contributed by atoms with van der Waals surface area (Å²) in [6, 6.07) is 4.52. The molecule has 0 saturated heterocycles. The Kier molecular flexibility index (Phi) is 5.18. The molecule has 0 bridgehead atoms. The highest BCUT2D eigenvalue weighted by Gasteiger charge is 2.19. The number of aromatic hydroxyl groups is 2. The number of carbonyl (C=O) groups is 1. The predicted octanol–water partition coefficient (Wildman–Crippen LogP) is 1.47. The van der Waals surface area contributed by atoms with Gasteiger partial charge in [0, 0.05) is 31.6 Å². The molecular formula is C14H22N2O3. The molecule has 3 N–H and O–H groups in total. The molecule has 1 aromatic carbocycles. The number of rotatable bonds is 5. The summed E-state index contributed by atoms with van der Waals surface area (Å²) in [5.74, 6) is -0.0506. The lowest BCUT2D eigenvalue weighted by atomic mass is 10.0. The van der Waals surface area contributed by atoms with Gasteiger partial charge in [-0.05, 0) is 31.7 Å². The van der Waals surface area contributed by atoms with E-state index in [1.807, 2.05) is 25.8 Å². The van der Waals surface area contributed by atoms with Crippen LogP contribution in [0.25, 0.3) is 0 Å². The summed E-state index contributed by atoms with van der Waals surface area (Å²) < 4.78 is 0. The van der Waals surface area contributed by atoms with Crippen LogP contribution >= 0.6 is 0 Å². The summed E-state index contributed by atoms with van der Waals surface area (Å²) in [5, 5.41) is 21.6. The van der Waals surface area contributed by atoms with Crippen molar-refractivity contribution in [2.75, 3.05) is 20.6 Å². The van der Waals surface area contributed by atoms with Crippen molar-refractivity contribution >= 4 is 5.91 Å². The summed E-state index contributed by atoms with van der Waals surface area (Å²) in [7, 11) is 3.53. The number of phenols is 2. The van der Waals surface area contributed by atoms with E-state index < -0.39 is 0 Å². The third-order valence-corrected chi connectivity index (χ3v) is 3.32. The summed E-state index contributed by atoms with van der Waals surface area (Å²) in [5.41, 5.74) is 0.809. The first kappa shape index (κ1) is 15.3. The molecule has 0 spiro atoms. The molecule has 1 aromatic rings. The first-order valence-electron chi connectivity index (χ1n) is 6.30. The van der Waals surface area contributed by atoms with Crippen LogP contribution in [0.5, 0.6) is 11.5 Å². The zero-order chi connectivity index (χ0) is 14.6. The molecule has 2 unspecified atom stereocenters. The lowest BCUT2D eigenvalue weighted by molar-refractivity contribution is -0.124. The second-order valence-electron chi connectivity index (χ2n) is 4.91. The molecule has 19 heavy (non-hydrogen) atoms. The van der Waals surface area contributed by atoms with Crippen LogP contribution < -0.4 is 5.32 Å². The van der Waals surface area contributed by atoms with E-state index in [0.717, 1.165) is 5.56 Å². The average Bonchev–Trinajstić information content (AvgIpc) is 2.35. The van der Waals surface area contributed by atoms with Crippen molar-refractivity contribution in [3.05, 3.63) is 23.8 Å². The summed E-state index contributed by atoms with van der Waals surface area (Å²) >= 11 is 0. The van der Waals surface area contributed by atoms with Crippen LogP contribution in [-0.2, 0) is 4.79 Å². The maximum Gasteiger partial charge on any atom is 0.223 e. The number of benzene rings is 1. The maximum absolute atomic E-state index is 11.5. The topological polar surface area (TPSA) is 72.8 Å². The molecule has 2 atom stereocenters. The van der Waals surface area contributed by atoms with Gasteiger partial charge in [-0.3, -0.25) is 9.69 Å². The maximum atomic E-state index is 11.5. The smallest absolute Gasteiger partial charge is 0.223 e. The van der Waals surface area contributed by atoms with Gasteiger partial charge in [-0.25, -0.2) is 0 Å². The third-order valence-electron chi connectivity index (χ3n) is 3.32. The molecule has 0 radical (unpaired) electrons. The highest BCUT2D eigenvalue weighted by Crippen LogP contribution is 2.27. The Labute approximate surface area is 113 Å². The number of nitrogens with one attached hydrogen (secondary N) is 1. The van der Waals surface area contributed by atoms with Crippen LogP contribution in [-0.4, -0.2) is 41.7 Å². The number of hydrogen-bond donors (Lipinski definition) is 3. The molecule has 0 aromatic heterocycles. The number of phenolic OH excluding ortho intramolecular Hbond substituents is 2. The summed E-state index contributed by atoms with van der Waals surface area (Å²) in [6.45, 7) is 4.42. The molecule has 0 heterocycles. The fourth-order valence-corrected chi connectivity index (χ4v) is 2.03. The fraction of sp³-hybridized carbons (Fsp3) is 0.500. The lowest BCUT2D eigenvalue weighted by Gasteiger charge is -2.27. The van der Waals surface area contributed by atoms with Crippen LogP contribution in [0.2, 0.25) is 0 Å². The Morgan fingerprint density at radius 2 is 1.79 bits per heavy atom. The molecule has 0 fully saturated rings. The van der Waals surface area contributed by atoms with Crippen LogP contribution in [0.15, 0.2) is 18.2 Å². The van der Waals surface area contributed by atoms with Gasteiger partial charge < -0.3 is 15.5 Å². The van der Waals surface area contributed by atoms with Gasteiger partial charge in [0.1, 0.15) is 11.5 Å². The van der Waals surface area contributed by atoms with Gasteiger partial charge in [-0.2, -0.15) is 0 Å². The molecule has 0 aliphatic heterocycles. The Morgan fingerprint density at radius 3 is 2.26 bits per heavy atom. The van der Waals surface area contributed by atoms with Gasteiger partial charge in [0.05, 0.1) is 0 Å². The van der Waals surface area contributed by atoms with Crippen molar-refractivity contribution in [2.45, 2.75) is 19.9 Å². The van der Waals surface area contributed by atoms with Crippen molar-refractivity contribution in [2.24, 2.45) is 5.92 Å². The average molecular weight is 266 g/mol. The Balaban J connectivity index is 2.76. The molecule has 1 amide bonds. The normalized spacial score (nSPS) is 14.2. The largest absolute Gasteiger partial charge is 0.508 e. The Hall–Kier alpha value is -1.75. The van der Waals surface area contributed by atoms with E-state index in [2.05, 4.69) is 5.32 Å². The van der Waals surface area contributed by atoms with Crippen molar-refractivity contribution < 1.29 is 15.0 Å². The summed E-state index contributed by atoms with van der Waals surface area (Å²) in [6.07, 6.45) is 0. The van der Waals surface area contributed by atoms with Crippen molar-refractivity contribution in [1.82, 2.24) is 10.2 Å². The van der Waals surface area contributed by atoms with E-state index in [0.29, 0.717) is 6.54 Å². The fourth-order valence-electron chi connectivity index (χ4n) is 2.03. The van der Waals surface area contributed by atoms with Gasteiger partial charge in [0.15, 0.2) is 0 Å². The highest BCUT2D eigenvalue weighted by atomic mass is 16.3. The lowest BCUT2D eigenvalue weighted by Crippen LogP contribution is -2.35. The predicted molar refractivity (Wildman–Crippen MR) is 74.0 cm³/mol. The molecule has 1 rings (SSSR count). The number of hydrogen-bond acceptors (Lipinski definition) is 4. The molecule has 0 aliphatic carbocycles. The van der Waals surface area contributed by atoms with Gasteiger partial charge in [0.25, 0.3) is 0 Å². The zero-order valence-corrected chi connectivity index (χ0v) is 11.8. The zero-order valence-electron chi connectivity index (χ0n) is 11.8. The minimum absolute atomic E-state index is 0.00203. The van der Waals surface area contributed by atoms with Gasteiger partial charge in [-0.1, -0.05) is 6.92 Å². The van der Waals surface area contributed by atoms with Crippen LogP contribution in [0, 0.1) is 5.92 Å². The number of nitrogens with zero attached hydrogens (tertiary/aromatic N) is 1. The number of amides is 1. The third kappa shape index (κ3) is 4.13. The number of carbonyl (C=O) groups excluding carboxylic acids is 1. The van der Waals surface area contributed by atoms with Crippen LogP contribution in [0.4, 0.5) is 0 Å². The standard InChI is InChI=1S/C14H22N2O3/c1-9(14(19)15-3)8-16(4)10(2)11-5-12(17)7-13(18)6-11/h5-7,9-10,17-18H,8H2,1-4H3,(H,15,19). The Bertz CT molecular complexity index is 428. The monoisotopic (exact) mass is 266 g/mol. The molecule has 106 valence electrons. The SMILES string of the molecule is CNC(=O)C(C)CN(C)C(C)c1cc(O)cc(O)c1. The summed E-state index contributed by atoms with van der Waals surface area (Å²) in [4.78, 5) is 13.5. The van der Waals surface area contributed by atoms with Gasteiger partial charge in [0.2, 0.25) is 5.91 Å². The van der Waals surface area contributed by atoms with E-state index in [1.165, 1.54) is 6.07 Å². The van der Waals surface area contributed by atoms with E-state index in [-0.39, 0.29) is 29.4 Å². The molecular weight excluding hydrogens is 244 g/mol. The van der Waals surface area contributed by atoms with Crippen molar-refractivity contribution in [3.63, 3.8) is 0 Å². The van der Waals surface area contributed by atoms with E-state index >= 15 is 0 Å². The molecule has 0 aliphatic rings. The van der Waals surface area contributed by atoms with Gasteiger partial charge in [-0.15, -0.1) is 0 Å². The first-order valence-corrected chi connectivity index (χ1v) is 6.30. The quantitative estimate of drug-likeness (QED) is 0.754. The van der Waals surface area contributed by atoms with Crippen LogP contribution in [0.3, 0.4) is 0 Å². The second kappa shape index (κ2) is 6.43. The van der Waals surface area contributed by atoms with E-state index in [9.17, 15) is 15.0 Å². The minimum Gasteiger partial charge on any atom is -0.508 e. The van der Waals surface area contributed by atoms with Gasteiger partial charge >= 0.3 is 0 Å². The van der Waals surface area contributed by atoms with Crippen molar-refractivity contribution in [3.8, 4) is 11.5 Å². The first-order chi connectivity index (χ1) is 8.85.